The molecule has 0 aliphatic rings. The van der Waals surface area contributed by atoms with Gasteiger partial charge in [0.05, 0.1) is 11.9 Å². The van der Waals surface area contributed by atoms with Crippen LogP contribution in [0.25, 0.3) is 0 Å². The molecule has 0 atom stereocenters. The number of ketones is 1. The molecule has 0 fully saturated rings. The van der Waals surface area contributed by atoms with Gasteiger partial charge in [0.25, 0.3) is 0 Å². The second-order valence-corrected chi connectivity index (χ2v) is 4.32. The van der Waals surface area contributed by atoms with Gasteiger partial charge in [-0.15, -0.1) is 10.2 Å². The maximum Gasteiger partial charge on any atom is 0.193 e. The van der Waals surface area contributed by atoms with Crippen molar-refractivity contribution in [1.29, 1.82) is 0 Å². The lowest BCUT2D eigenvalue weighted by Crippen LogP contribution is -1.99. The van der Waals surface area contributed by atoms with Crippen molar-refractivity contribution in [2.75, 3.05) is 0 Å². The SMILES string of the molecule is Cc1ccnnn1.O=C(c1ccccc1)c1ccccc1. The Hall–Kier alpha value is -2.88. The summed E-state index contributed by atoms with van der Waals surface area (Å²) >= 11 is 0. The molecule has 1 heterocycles. The first kappa shape index (κ1) is 14.5. The van der Waals surface area contributed by atoms with E-state index in [0.717, 1.165) is 16.8 Å². The van der Waals surface area contributed by atoms with Crippen LogP contribution in [0.2, 0.25) is 0 Å². The van der Waals surface area contributed by atoms with Gasteiger partial charge in [-0.05, 0) is 18.2 Å². The molecule has 0 aliphatic heterocycles. The number of benzene rings is 2. The molecule has 0 bridgehead atoms. The van der Waals surface area contributed by atoms with Gasteiger partial charge in [0.2, 0.25) is 0 Å². The summed E-state index contributed by atoms with van der Waals surface area (Å²) in [4.78, 5) is 11.8. The zero-order valence-corrected chi connectivity index (χ0v) is 11.7. The molecular formula is C17H15N3O. The average Bonchev–Trinajstić information content (AvgIpc) is 2.57. The molecule has 0 amide bonds. The summed E-state index contributed by atoms with van der Waals surface area (Å²) in [5.74, 6) is 0.0752. The Balaban J connectivity index is 0.000000194. The number of rotatable bonds is 2. The molecular weight excluding hydrogens is 262 g/mol. The topological polar surface area (TPSA) is 55.7 Å². The van der Waals surface area contributed by atoms with Crippen LogP contribution in [0, 0.1) is 6.92 Å². The number of hydrogen-bond donors (Lipinski definition) is 0. The highest BCUT2D eigenvalue weighted by molar-refractivity contribution is 6.08. The summed E-state index contributed by atoms with van der Waals surface area (Å²) in [5, 5.41) is 10.5. The molecule has 0 aliphatic carbocycles. The van der Waals surface area contributed by atoms with E-state index in [1.54, 1.807) is 12.3 Å². The summed E-state index contributed by atoms with van der Waals surface area (Å²) in [7, 11) is 0. The molecule has 104 valence electrons. The van der Waals surface area contributed by atoms with Crippen LogP contribution in [0.1, 0.15) is 21.6 Å². The quantitative estimate of drug-likeness (QED) is 0.675. The average molecular weight is 277 g/mol. The van der Waals surface area contributed by atoms with E-state index >= 15 is 0 Å². The number of nitrogens with zero attached hydrogens (tertiary/aromatic N) is 3. The predicted molar refractivity (Wildman–Crippen MR) is 80.9 cm³/mol. The summed E-state index contributed by atoms with van der Waals surface area (Å²) in [6.07, 6.45) is 1.61. The van der Waals surface area contributed by atoms with Gasteiger partial charge in [-0.25, -0.2) is 0 Å². The van der Waals surface area contributed by atoms with E-state index in [-0.39, 0.29) is 5.78 Å². The Labute approximate surface area is 123 Å². The minimum absolute atomic E-state index is 0.0752. The second-order valence-electron chi connectivity index (χ2n) is 4.32. The number of aryl methyl sites for hydroxylation is 1. The molecule has 0 unspecified atom stereocenters. The molecule has 2 aromatic carbocycles. The Kier molecular flexibility index (Phi) is 5.29. The number of hydrogen-bond acceptors (Lipinski definition) is 4. The molecule has 0 N–H and O–H groups in total. The Morgan fingerprint density at radius 3 is 1.67 bits per heavy atom. The lowest BCUT2D eigenvalue weighted by Gasteiger charge is -1.99. The minimum atomic E-state index is 0.0752. The van der Waals surface area contributed by atoms with Crippen LogP contribution in [0.15, 0.2) is 72.9 Å². The van der Waals surface area contributed by atoms with Crippen molar-refractivity contribution in [2.45, 2.75) is 6.92 Å². The maximum atomic E-state index is 11.8. The molecule has 0 saturated heterocycles. The van der Waals surface area contributed by atoms with Crippen molar-refractivity contribution in [1.82, 2.24) is 15.4 Å². The number of carbonyl (C=O) groups excluding carboxylic acids is 1. The van der Waals surface area contributed by atoms with Crippen molar-refractivity contribution < 1.29 is 4.79 Å². The molecule has 0 saturated carbocycles. The fraction of sp³-hybridized carbons (Fsp3) is 0.0588. The van der Waals surface area contributed by atoms with Crippen LogP contribution >= 0.6 is 0 Å². The first-order valence-electron chi connectivity index (χ1n) is 6.53. The fourth-order valence-corrected chi connectivity index (χ4v) is 1.65. The van der Waals surface area contributed by atoms with Gasteiger partial charge in [-0.3, -0.25) is 4.79 Å². The number of aromatic nitrogens is 3. The molecule has 3 aromatic rings. The van der Waals surface area contributed by atoms with Crippen LogP contribution in [0.3, 0.4) is 0 Å². The van der Waals surface area contributed by atoms with Gasteiger partial charge in [0.15, 0.2) is 5.78 Å². The maximum absolute atomic E-state index is 11.8. The molecule has 21 heavy (non-hydrogen) atoms. The first-order valence-corrected chi connectivity index (χ1v) is 6.53. The van der Waals surface area contributed by atoms with Crippen molar-refractivity contribution >= 4 is 5.78 Å². The standard InChI is InChI=1S/C13H10O.C4H5N3/c14-13(11-7-3-1-4-8-11)12-9-5-2-6-10-12;1-4-2-3-5-7-6-4/h1-10H;2-3H,1H3. The number of carbonyl (C=O) groups is 1. The third kappa shape index (κ3) is 4.62. The van der Waals surface area contributed by atoms with E-state index < -0.39 is 0 Å². The summed E-state index contributed by atoms with van der Waals surface area (Å²) in [5.41, 5.74) is 2.37. The van der Waals surface area contributed by atoms with Crippen molar-refractivity contribution in [3.8, 4) is 0 Å². The minimum Gasteiger partial charge on any atom is -0.289 e. The fourth-order valence-electron chi connectivity index (χ4n) is 1.65. The van der Waals surface area contributed by atoms with E-state index in [9.17, 15) is 4.79 Å². The van der Waals surface area contributed by atoms with Gasteiger partial charge in [-0.2, -0.15) is 0 Å². The zero-order chi connectivity index (χ0) is 14.9. The zero-order valence-electron chi connectivity index (χ0n) is 11.7. The molecule has 1 aromatic heterocycles. The van der Waals surface area contributed by atoms with Crippen LogP contribution in [-0.2, 0) is 0 Å². The van der Waals surface area contributed by atoms with Gasteiger partial charge < -0.3 is 0 Å². The third-order valence-corrected chi connectivity index (χ3v) is 2.71. The predicted octanol–water partition coefficient (Wildman–Crippen LogP) is 3.10. The Morgan fingerprint density at radius 1 is 0.810 bits per heavy atom. The normalized spacial score (nSPS) is 9.38. The highest BCUT2D eigenvalue weighted by Crippen LogP contribution is 2.08. The van der Waals surface area contributed by atoms with Crippen LogP contribution in [-0.4, -0.2) is 21.2 Å². The van der Waals surface area contributed by atoms with Gasteiger partial charge in [-0.1, -0.05) is 60.7 Å². The molecule has 3 rings (SSSR count). The largest absolute Gasteiger partial charge is 0.289 e. The van der Waals surface area contributed by atoms with Crippen LogP contribution < -0.4 is 0 Å². The van der Waals surface area contributed by atoms with Gasteiger partial charge in [0.1, 0.15) is 0 Å². The second kappa shape index (κ2) is 7.65. The van der Waals surface area contributed by atoms with Gasteiger partial charge in [0, 0.05) is 11.1 Å². The molecule has 0 spiro atoms. The lowest BCUT2D eigenvalue weighted by molar-refractivity contribution is 0.103. The van der Waals surface area contributed by atoms with Crippen LogP contribution in [0.4, 0.5) is 0 Å². The van der Waals surface area contributed by atoms with Crippen LogP contribution in [0.5, 0.6) is 0 Å². The highest BCUT2D eigenvalue weighted by Gasteiger charge is 2.06. The summed E-state index contributed by atoms with van der Waals surface area (Å²) in [6, 6.07) is 20.4. The molecule has 4 nitrogen and oxygen atoms in total. The Morgan fingerprint density at radius 2 is 1.33 bits per heavy atom. The van der Waals surface area contributed by atoms with E-state index in [4.69, 9.17) is 0 Å². The van der Waals surface area contributed by atoms with Crippen molar-refractivity contribution in [2.24, 2.45) is 0 Å². The van der Waals surface area contributed by atoms with Gasteiger partial charge >= 0.3 is 0 Å². The smallest absolute Gasteiger partial charge is 0.193 e. The molecule has 0 radical (unpaired) electrons. The summed E-state index contributed by atoms with van der Waals surface area (Å²) in [6.45, 7) is 1.87. The third-order valence-electron chi connectivity index (χ3n) is 2.71. The first-order chi connectivity index (χ1) is 10.3. The van der Waals surface area contributed by atoms with E-state index in [1.807, 2.05) is 67.6 Å². The highest BCUT2D eigenvalue weighted by atomic mass is 16.1. The molecule has 4 heteroatoms. The Bertz CT molecular complexity index is 629. The monoisotopic (exact) mass is 277 g/mol. The van der Waals surface area contributed by atoms with E-state index in [2.05, 4.69) is 15.4 Å². The lowest BCUT2D eigenvalue weighted by atomic mass is 10.0. The van der Waals surface area contributed by atoms with Crippen molar-refractivity contribution in [3.63, 3.8) is 0 Å². The van der Waals surface area contributed by atoms with E-state index in [1.165, 1.54) is 0 Å². The van der Waals surface area contributed by atoms with E-state index in [0.29, 0.717) is 0 Å². The summed E-state index contributed by atoms with van der Waals surface area (Å²) < 4.78 is 0. The van der Waals surface area contributed by atoms with Crippen molar-refractivity contribution in [3.05, 3.63) is 89.7 Å².